The summed E-state index contributed by atoms with van der Waals surface area (Å²) in [5.41, 5.74) is -0.984. The highest BCUT2D eigenvalue weighted by atomic mass is 32.2. The molecule has 0 aliphatic rings. The van der Waals surface area contributed by atoms with Crippen molar-refractivity contribution in [1.82, 2.24) is 24.2 Å². The quantitative estimate of drug-likeness (QED) is 0.259. The van der Waals surface area contributed by atoms with Gasteiger partial charge >= 0.3 is 6.18 Å². The number of hydrogen-bond donors (Lipinski definition) is 1. The zero-order chi connectivity index (χ0) is 27.7. The Balaban J connectivity index is 1.67. The van der Waals surface area contributed by atoms with Gasteiger partial charge in [-0.3, -0.25) is 0 Å². The van der Waals surface area contributed by atoms with Crippen molar-refractivity contribution in [2.45, 2.75) is 16.8 Å². The van der Waals surface area contributed by atoms with E-state index in [1.807, 2.05) is 19.0 Å². The Morgan fingerprint density at radius 3 is 2.45 bits per heavy atom. The number of aromatic nitrogens is 3. The molecule has 200 valence electrons. The minimum atomic E-state index is -4.54. The van der Waals surface area contributed by atoms with Crippen molar-refractivity contribution in [3.05, 3.63) is 70.4 Å². The molecule has 3 heterocycles. The molecule has 14 heteroatoms. The lowest BCUT2D eigenvalue weighted by atomic mass is 10.1. The lowest BCUT2D eigenvalue weighted by Crippen LogP contribution is -2.30. The standard InChI is InChI=1S/C24H20F5N5O2S2/c1-33(2)12-11-31-38(35,36)21-10-9-18(37-21)8-5-16-14-30-34-20(22(25)26)13-19(32-23(16)34)15-3-6-17(7-4-15)24(27,28)29/h3-4,6-7,9-10,13-14,22,31H,11-12H2,1-2H3. The average Bonchev–Trinajstić information content (AvgIpc) is 3.49. The molecule has 0 aliphatic carbocycles. The molecule has 4 rings (SSSR count). The van der Waals surface area contributed by atoms with Crippen molar-refractivity contribution in [3.63, 3.8) is 0 Å². The van der Waals surface area contributed by atoms with Crippen LogP contribution in [0.25, 0.3) is 16.9 Å². The van der Waals surface area contributed by atoms with Crippen LogP contribution < -0.4 is 4.72 Å². The van der Waals surface area contributed by atoms with E-state index >= 15 is 0 Å². The number of nitrogens with zero attached hydrogens (tertiary/aromatic N) is 4. The van der Waals surface area contributed by atoms with Crippen molar-refractivity contribution in [2.24, 2.45) is 0 Å². The summed E-state index contributed by atoms with van der Waals surface area (Å²) in [6.07, 6.45) is -6.24. The highest BCUT2D eigenvalue weighted by Crippen LogP contribution is 2.32. The maximum absolute atomic E-state index is 13.8. The zero-order valence-corrected chi connectivity index (χ0v) is 21.6. The number of nitrogens with one attached hydrogen (secondary N) is 1. The Labute approximate surface area is 219 Å². The van der Waals surface area contributed by atoms with Crippen molar-refractivity contribution < 1.29 is 30.4 Å². The number of likely N-dealkylation sites (N-methyl/N-ethyl adjacent to an activating group) is 1. The van der Waals surface area contributed by atoms with Gasteiger partial charge in [0.2, 0.25) is 10.0 Å². The van der Waals surface area contributed by atoms with Crippen LogP contribution in [0.4, 0.5) is 22.0 Å². The van der Waals surface area contributed by atoms with Gasteiger partial charge in [0.25, 0.3) is 6.43 Å². The first kappa shape index (κ1) is 27.6. The van der Waals surface area contributed by atoms with Gasteiger partial charge in [0.15, 0.2) is 5.65 Å². The highest BCUT2D eigenvalue weighted by Gasteiger charge is 2.30. The Bertz CT molecular complexity index is 1620. The predicted octanol–water partition coefficient (Wildman–Crippen LogP) is 4.65. The summed E-state index contributed by atoms with van der Waals surface area (Å²) in [5.74, 6) is 5.58. The van der Waals surface area contributed by atoms with E-state index in [1.165, 1.54) is 18.3 Å². The maximum atomic E-state index is 13.8. The minimum Gasteiger partial charge on any atom is -0.308 e. The zero-order valence-electron chi connectivity index (χ0n) is 19.9. The van der Waals surface area contributed by atoms with Crippen LogP contribution in [0.5, 0.6) is 0 Å². The van der Waals surface area contributed by atoms with E-state index in [1.54, 1.807) is 0 Å². The first-order valence-electron chi connectivity index (χ1n) is 11.0. The second-order valence-corrected chi connectivity index (χ2v) is 11.4. The lowest BCUT2D eigenvalue weighted by molar-refractivity contribution is -0.137. The van der Waals surface area contributed by atoms with E-state index in [2.05, 4.69) is 26.6 Å². The molecule has 0 atom stereocenters. The van der Waals surface area contributed by atoms with Crippen LogP contribution in [0.15, 0.2) is 52.9 Å². The van der Waals surface area contributed by atoms with Crippen molar-refractivity contribution in [2.75, 3.05) is 27.2 Å². The third-order valence-electron chi connectivity index (χ3n) is 5.25. The number of halogens is 5. The molecule has 4 aromatic rings. The van der Waals surface area contributed by atoms with Gasteiger partial charge in [0, 0.05) is 18.7 Å². The summed E-state index contributed by atoms with van der Waals surface area (Å²) >= 11 is 0.940. The number of sulfonamides is 1. The van der Waals surface area contributed by atoms with Gasteiger partial charge in [-0.2, -0.15) is 18.3 Å². The molecule has 0 bridgehead atoms. The molecule has 0 aliphatic heterocycles. The number of hydrogen-bond acceptors (Lipinski definition) is 6. The third kappa shape index (κ3) is 6.18. The van der Waals surface area contributed by atoms with Gasteiger partial charge in [-0.25, -0.2) is 31.4 Å². The summed E-state index contributed by atoms with van der Waals surface area (Å²) in [6.45, 7) is 0.754. The van der Waals surface area contributed by atoms with Crippen LogP contribution >= 0.6 is 11.3 Å². The lowest BCUT2D eigenvalue weighted by Gasteiger charge is -2.10. The van der Waals surface area contributed by atoms with E-state index in [4.69, 9.17) is 0 Å². The van der Waals surface area contributed by atoms with E-state index < -0.39 is 33.9 Å². The van der Waals surface area contributed by atoms with Crippen LogP contribution in [-0.2, 0) is 16.2 Å². The largest absolute Gasteiger partial charge is 0.416 e. The third-order valence-corrected chi connectivity index (χ3v) is 8.20. The molecular weight excluding hydrogens is 549 g/mol. The van der Waals surface area contributed by atoms with Crippen molar-refractivity contribution in [3.8, 4) is 23.1 Å². The molecule has 38 heavy (non-hydrogen) atoms. The second-order valence-electron chi connectivity index (χ2n) is 8.31. The maximum Gasteiger partial charge on any atom is 0.416 e. The SMILES string of the molecule is CN(C)CCNS(=O)(=O)c1ccc(C#Cc2cnn3c(C(F)F)cc(-c4ccc(C(F)(F)F)cc4)nc23)s1. The molecule has 0 saturated heterocycles. The first-order valence-corrected chi connectivity index (χ1v) is 13.3. The number of benzene rings is 1. The first-order chi connectivity index (χ1) is 17.8. The van der Waals surface area contributed by atoms with Crippen LogP contribution in [0.1, 0.15) is 28.1 Å². The van der Waals surface area contributed by atoms with Crippen LogP contribution in [0, 0.1) is 11.8 Å². The molecule has 0 amide bonds. The second kappa shape index (κ2) is 10.8. The minimum absolute atomic E-state index is 0.0139. The van der Waals surface area contributed by atoms with Crippen LogP contribution in [0.2, 0.25) is 0 Å². The predicted molar refractivity (Wildman–Crippen MR) is 132 cm³/mol. The van der Waals surface area contributed by atoms with Gasteiger partial charge in [0.05, 0.1) is 27.9 Å². The summed E-state index contributed by atoms with van der Waals surface area (Å²) < 4.78 is 94.7. The molecule has 3 aromatic heterocycles. The number of alkyl halides is 5. The van der Waals surface area contributed by atoms with Gasteiger partial charge in [-0.15, -0.1) is 11.3 Å². The fraction of sp³-hybridized carbons (Fsp3) is 0.250. The summed E-state index contributed by atoms with van der Waals surface area (Å²) in [4.78, 5) is 6.56. The topological polar surface area (TPSA) is 79.6 Å². The molecule has 7 nitrogen and oxygen atoms in total. The van der Waals surface area contributed by atoms with Crippen LogP contribution in [0.3, 0.4) is 0 Å². The Morgan fingerprint density at radius 1 is 1.11 bits per heavy atom. The van der Waals surface area contributed by atoms with E-state index in [0.717, 1.165) is 46.2 Å². The average molecular weight is 570 g/mol. The Kier molecular flexibility index (Phi) is 7.84. The molecule has 1 N–H and O–H groups in total. The molecule has 0 unspecified atom stereocenters. The van der Waals surface area contributed by atoms with Crippen molar-refractivity contribution >= 4 is 27.0 Å². The number of thiophene rings is 1. The van der Waals surface area contributed by atoms with E-state index in [9.17, 15) is 30.4 Å². The van der Waals surface area contributed by atoms with Gasteiger partial charge in [-0.1, -0.05) is 24.0 Å². The Hall–Kier alpha value is -3.38. The summed E-state index contributed by atoms with van der Waals surface area (Å²) in [5, 5.41) is 3.94. The smallest absolute Gasteiger partial charge is 0.308 e. The molecule has 0 fully saturated rings. The fourth-order valence-electron chi connectivity index (χ4n) is 3.34. The monoisotopic (exact) mass is 569 g/mol. The summed E-state index contributed by atoms with van der Waals surface area (Å²) in [6, 6.07) is 7.99. The Morgan fingerprint density at radius 2 is 1.82 bits per heavy atom. The van der Waals surface area contributed by atoms with Crippen molar-refractivity contribution in [1.29, 1.82) is 0 Å². The highest BCUT2D eigenvalue weighted by molar-refractivity contribution is 7.91. The van der Waals surface area contributed by atoms with E-state index in [0.29, 0.717) is 11.4 Å². The number of rotatable bonds is 7. The number of fused-ring (bicyclic) bond motifs is 1. The van der Waals surface area contributed by atoms with Crippen LogP contribution in [-0.4, -0.2) is 55.1 Å². The molecule has 0 radical (unpaired) electrons. The molecule has 1 aromatic carbocycles. The normalized spacial score (nSPS) is 12.3. The van der Waals surface area contributed by atoms with Gasteiger partial charge in [0.1, 0.15) is 9.90 Å². The van der Waals surface area contributed by atoms with E-state index in [-0.39, 0.29) is 33.2 Å². The van der Waals surface area contributed by atoms with Gasteiger partial charge < -0.3 is 4.90 Å². The molecule has 0 spiro atoms. The molecule has 0 saturated carbocycles. The molecular formula is C24H20F5N5O2S2. The fourth-order valence-corrected chi connectivity index (χ4v) is 5.57. The summed E-state index contributed by atoms with van der Waals surface area (Å²) in [7, 11) is -0.0769. The van der Waals surface area contributed by atoms with Gasteiger partial charge in [-0.05, 0) is 44.4 Å².